The predicted octanol–water partition coefficient (Wildman–Crippen LogP) is 4.45. The summed E-state index contributed by atoms with van der Waals surface area (Å²) in [5, 5.41) is 0. The van der Waals surface area contributed by atoms with Crippen LogP contribution in [0.25, 0.3) is 0 Å². The maximum Gasteiger partial charge on any atom is 0.269 e. The van der Waals surface area contributed by atoms with Crippen LogP contribution in [0.15, 0.2) is 77.3 Å². The molecule has 2 N–H and O–H groups in total. The molecule has 0 aromatic heterocycles. The Balaban J connectivity index is 1.54. The third-order valence-corrected chi connectivity index (χ3v) is 4.98. The van der Waals surface area contributed by atoms with Crippen LogP contribution in [0.1, 0.15) is 31.8 Å². The van der Waals surface area contributed by atoms with E-state index in [2.05, 4.69) is 38.9 Å². The Morgan fingerprint density at radius 3 is 2.31 bits per heavy atom. The lowest BCUT2D eigenvalue weighted by Crippen LogP contribution is -2.41. The monoisotopic (exact) mass is 452 g/mol. The summed E-state index contributed by atoms with van der Waals surface area (Å²) in [5.74, 6) is -0.124. The average Bonchev–Trinajstić information content (AvgIpc) is 2.74. The molecule has 0 heterocycles. The maximum absolute atomic E-state index is 12.3. The number of hydrazine groups is 1. The number of nitrogens with one attached hydrogen (secondary N) is 2. The predicted molar refractivity (Wildman–Crippen MR) is 116 cm³/mol. The lowest BCUT2D eigenvalue weighted by atomic mass is 10.1. The van der Waals surface area contributed by atoms with Gasteiger partial charge in [0.05, 0.1) is 11.1 Å². The van der Waals surface area contributed by atoms with Crippen LogP contribution in [0.2, 0.25) is 0 Å². The van der Waals surface area contributed by atoms with Gasteiger partial charge in [-0.15, -0.1) is 0 Å². The zero-order chi connectivity index (χ0) is 20.6. The fraction of sp³-hybridized carbons (Fsp3) is 0.130. The molecule has 3 aromatic rings. The Bertz CT molecular complexity index is 1010. The molecule has 3 aromatic carbocycles. The molecule has 0 fully saturated rings. The van der Waals surface area contributed by atoms with E-state index in [1.165, 1.54) is 5.56 Å². The molecular formula is C23H21BrN2O3. The second-order valence-corrected chi connectivity index (χ2v) is 7.31. The zero-order valence-electron chi connectivity index (χ0n) is 15.9. The minimum absolute atomic E-state index is 0.364. The number of carbonyl (C=O) groups is 2. The van der Waals surface area contributed by atoms with Gasteiger partial charge in [0, 0.05) is 17.5 Å². The van der Waals surface area contributed by atoms with E-state index in [1.54, 1.807) is 30.3 Å². The Kier molecular flexibility index (Phi) is 7.03. The summed E-state index contributed by atoms with van der Waals surface area (Å²) in [6.07, 6.45) is 0.792. The summed E-state index contributed by atoms with van der Waals surface area (Å²) >= 11 is 3.44. The van der Waals surface area contributed by atoms with Gasteiger partial charge < -0.3 is 4.74 Å². The summed E-state index contributed by atoms with van der Waals surface area (Å²) in [6, 6.07) is 22.3. The maximum atomic E-state index is 12.3. The number of halogens is 1. The molecule has 0 atom stereocenters. The molecule has 0 saturated carbocycles. The van der Waals surface area contributed by atoms with Crippen molar-refractivity contribution in [1.29, 1.82) is 0 Å². The molecule has 148 valence electrons. The Morgan fingerprint density at radius 1 is 0.897 bits per heavy atom. The molecule has 2 amide bonds. The number of hydrogen-bond donors (Lipinski definition) is 2. The number of carbonyl (C=O) groups excluding carboxylic acids is 2. The number of hydrogen-bond acceptors (Lipinski definition) is 3. The van der Waals surface area contributed by atoms with Crippen molar-refractivity contribution >= 4 is 27.7 Å². The second-order valence-electron chi connectivity index (χ2n) is 6.45. The van der Waals surface area contributed by atoms with Crippen LogP contribution in [0.3, 0.4) is 0 Å². The number of rotatable bonds is 6. The SMILES string of the molecule is Cc1ccccc1C(=O)NNC(=O)c1ccc(OCCc2ccccc2)c(Br)c1. The van der Waals surface area contributed by atoms with Crippen LogP contribution in [0.5, 0.6) is 5.75 Å². The lowest BCUT2D eigenvalue weighted by Gasteiger charge is -2.11. The minimum Gasteiger partial charge on any atom is -0.492 e. The van der Waals surface area contributed by atoms with E-state index in [4.69, 9.17) is 4.74 Å². The van der Waals surface area contributed by atoms with Crippen molar-refractivity contribution in [2.24, 2.45) is 0 Å². The van der Waals surface area contributed by atoms with Crippen molar-refractivity contribution in [3.05, 3.63) is 99.5 Å². The number of ether oxygens (including phenoxy) is 1. The van der Waals surface area contributed by atoms with Gasteiger partial charge in [-0.05, 0) is 58.2 Å². The Hall–Kier alpha value is -3.12. The molecule has 0 spiro atoms. The van der Waals surface area contributed by atoms with Crippen molar-refractivity contribution in [2.45, 2.75) is 13.3 Å². The molecule has 0 saturated heterocycles. The van der Waals surface area contributed by atoms with Crippen molar-refractivity contribution in [1.82, 2.24) is 10.9 Å². The van der Waals surface area contributed by atoms with Crippen LogP contribution in [0.4, 0.5) is 0 Å². The quantitative estimate of drug-likeness (QED) is 0.542. The largest absolute Gasteiger partial charge is 0.492 e. The topological polar surface area (TPSA) is 67.4 Å². The van der Waals surface area contributed by atoms with Gasteiger partial charge in [0.1, 0.15) is 5.75 Å². The Morgan fingerprint density at radius 2 is 1.59 bits per heavy atom. The third-order valence-electron chi connectivity index (χ3n) is 4.36. The number of benzene rings is 3. The first-order chi connectivity index (χ1) is 14.0. The number of aryl methyl sites for hydroxylation is 1. The molecule has 3 rings (SSSR count). The van der Waals surface area contributed by atoms with Gasteiger partial charge in [0.2, 0.25) is 0 Å². The van der Waals surface area contributed by atoms with Crippen LogP contribution in [0, 0.1) is 6.92 Å². The third kappa shape index (κ3) is 5.68. The van der Waals surface area contributed by atoms with Crippen molar-refractivity contribution < 1.29 is 14.3 Å². The molecule has 6 heteroatoms. The van der Waals surface area contributed by atoms with Gasteiger partial charge >= 0.3 is 0 Å². The van der Waals surface area contributed by atoms with Gasteiger partial charge in [0.25, 0.3) is 11.8 Å². The van der Waals surface area contributed by atoms with E-state index in [9.17, 15) is 9.59 Å². The molecule has 0 aliphatic carbocycles. The van der Waals surface area contributed by atoms with E-state index >= 15 is 0 Å². The molecular weight excluding hydrogens is 432 g/mol. The summed E-state index contributed by atoms with van der Waals surface area (Å²) in [5.41, 5.74) is 7.82. The smallest absolute Gasteiger partial charge is 0.269 e. The fourth-order valence-electron chi connectivity index (χ4n) is 2.76. The summed E-state index contributed by atoms with van der Waals surface area (Å²) in [4.78, 5) is 24.5. The second kappa shape index (κ2) is 9.89. The van der Waals surface area contributed by atoms with Gasteiger partial charge in [-0.1, -0.05) is 48.5 Å². The van der Waals surface area contributed by atoms with E-state index in [0.29, 0.717) is 28.0 Å². The fourth-order valence-corrected chi connectivity index (χ4v) is 3.26. The van der Waals surface area contributed by atoms with E-state index in [0.717, 1.165) is 12.0 Å². The van der Waals surface area contributed by atoms with Crippen LogP contribution >= 0.6 is 15.9 Å². The van der Waals surface area contributed by atoms with Gasteiger partial charge in [-0.2, -0.15) is 0 Å². The lowest BCUT2D eigenvalue weighted by molar-refractivity contribution is 0.0846. The van der Waals surface area contributed by atoms with E-state index < -0.39 is 5.91 Å². The zero-order valence-corrected chi connectivity index (χ0v) is 17.5. The number of amides is 2. The highest BCUT2D eigenvalue weighted by atomic mass is 79.9. The standard InChI is InChI=1S/C23H21BrN2O3/c1-16-7-5-6-10-19(16)23(28)26-25-22(27)18-11-12-21(20(24)15-18)29-14-13-17-8-3-2-4-9-17/h2-12,15H,13-14H2,1H3,(H,25,27)(H,26,28). The highest BCUT2D eigenvalue weighted by Gasteiger charge is 2.12. The van der Waals surface area contributed by atoms with Gasteiger partial charge in [0.15, 0.2) is 0 Å². The van der Waals surface area contributed by atoms with Gasteiger partial charge in [-0.3, -0.25) is 20.4 Å². The molecule has 0 aliphatic heterocycles. The van der Waals surface area contributed by atoms with Gasteiger partial charge in [-0.25, -0.2) is 0 Å². The molecule has 5 nitrogen and oxygen atoms in total. The summed E-state index contributed by atoms with van der Waals surface area (Å²) in [7, 11) is 0. The molecule has 0 unspecified atom stereocenters. The van der Waals surface area contributed by atoms with Crippen LogP contribution < -0.4 is 15.6 Å². The summed E-state index contributed by atoms with van der Waals surface area (Å²) < 4.78 is 6.47. The van der Waals surface area contributed by atoms with Crippen LogP contribution in [-0.4, -0.2) is 18.4 Å². The average molecular weight is 453 g/mol. The minimum atomic E-state index is -0.413. The van der Waals surface area contributed by atoms with Crippen molar-refractivity contribution in [2.75, 3.05) is 6.61 Å². The van der Waals surface area contributed by atoms with E-state index in [-0.39, 0.29) is 5.91 Å². The molecule has 0 bridgehead atoms. The molecule has 0 radical (unpaired) electrons. The van der Waals surface area contributed by atoms with Crippen LogP contribution in [-0.2, 0) is 6.42 Å². The molecule has 29 heavy (non-hydrogen) atoms. The first-order valence-electron chi connectivity index (χ1n) is 9.17. The van der Waals surface area contributed by atoms with E-state index in [1.807, 2.05) is 37.3 Å². The summed E-state index contributed by atoms with van der Waals surface area (Å²) in [6.45, 7) is 2.37. The first kappa shape index (κ1) is 20.6. The Labute approximate surface area is 178 Å². The normalized spacial score (nSPS) is 10.3. The highest BCUT2D eigenvalue weighted by Crippen LogP contribution is 2.26. The highest BCUT2D eigenvalue weighted by molar-refractivity contribution is 9.10. The molecule has 0 aliphatic rings. The van der Waals surface area contributed by atoms with Crippen molar-refractivity contribution in [3.63, 3.8) is 0 Å². The van der Waals surface area contributed by atoms with Crippen molar-refractivity contribution in [3.8, 4) is 5.75 Å². The first-order valence-corrected chi connectivity index (χ1v) is 9.96.